The van der Waals surface area contributed by atoms with Gasteiger partial charge in [0.15, 0.2) is 0 Å². The average Bonchev–Trinajstić information content (AvgIpc) is 3.44. The summed E-state index contributed by atoms with van der Waals surface area (Å²) in [7, 11) is 0. The highest BCUT2D eigenvalue weighted by molar-refractivity contribution is 7.98. The molecule has 0 saturated heterocycles. The molecule has 1 aromatic carbocycles. The lowest BCUT2D eigenvalue weighted by atomic mass is 10.0. The van der Waals surface area contributed by atoms with E-state index in [1.54, 1.807) is 12.1 Å². The fraction of sp³-hybridized carbons (Fsp3) is 0.500. The maximum Gasteiger partial charge on any atom is 0.326 e. The molecule has 2 aromatic rings. The number of H-pyrrole nitrogens is 1. The lowest BCUT2D eigenvalue weighted by Gasteiger charge is -2.25. The zero-order valence-electron chi connectivity index (χ0n) is 22.5. The lowest BCUT2D eigenvalue weighted by molar-refractivity contribution is -0.142. The second-order valence-electron chi connectivity index (χ2n) is 9.35. The number of phenols is 1. The second kappa shape index (κ2) is 17.2. The molecule has 3 amide bonds. The van der Waals surface area contributed by atoms with Crippen LogP contribution in [0.15, 0.2) is 36.8 Å². The minimum Gasteiger partial charge on any atom is -0.508 e. The van der Waals surface area contributed by atoms with Crippen LogP contribution in [0, 0.1) is 0 Å². The number of carboxylic acids is 1. The Morgan fingerprint density at radius 2 is 1.60 bits per heavy atom. The summed E-state index contributed by atoms with van der Waals surface area (Å²) in [4.78, 5) is 57.9. The number of aromatic nitrogens is 2. The van der Waals surface area contributed by atoms with Crippen molar-refractivity contribution in [1.82, 2.24) is 25.9 Å². The number of nitrogens with two attached hydrogens (primary N) is 2. The molecule has 14 heteroatoms. The number of hydrogen-bond acceptors (Lipinski definition) is 9. The Hall–Kier alpha value is -3.62. The summed E-state index contributed by atoms with van der Waals surface area (Å²) >= 11 is 1.48. The largest absolute Gasteiger partial charge is 0.508 e. The van der Waals surface area contributed by atoms with E-state index in [-0.39, 0.29) is 31.4 Å². The summed E-state index contributed by atoms with van der Waals surface area (Å²) in [6.45, 7) is 0.403. The van der Waals surface area contributed by atoms with Gasteiger partial charge in [0.1, 0.15) is 23.9 Å². The number of hydrogen-bond donors (Lipinski definition) is 8. The molecule has 0 aliphatic rings. The highest BCUT2D eigenvalue weighted by atomic mass is 32.2. The fourth-order valence-electron chi connectivity index (χ4n) is 3.88. The number of unbranched alkanes of at least 4 members (excludes halogenated alkanes) is 1. The van der Waals surface area contributed by atoms with Gasteiger partial charge in [0.2, 0.25) is 17.7 Å². The lowest BCUT2D eigenvalue weighted by Crippen LogP contribution is -2.58. The van der Waals surface area contributed by atoms with Gasteiger partial charge in [-0.1, -0.05) is 12.1 Å². The molecular formula is C26H39N7O6S. The van der Waals surface area contributed by atoms with Crippen molar-refractivity contribution < 1.29 is 29.4 Å². The van der Waals surface area contributed by atoms with Crippen LogP contribution in [0.2, 0.25) is 0 Å². The molecule has 0 spiro atoms. The molecule has 4 atom stereocenters. The van der Waals surface area contributed by atoms with E-state index in [1.807, 2.05) is 6.26 Å². The maximum atomic E-state index is 13.3. The Kier molecular flexibility index (Phi) is 14.0. The van der Waals surface area contributed by atoms with Gasteiger partial charge in [0.25, 0.3) is 0 Å². The van der Waals surface area contributed by atoms with Crippen molar-refractivity contribution in [1.29, 1.82) is 0 Å². The molecule has 1 aromatic heterocycles. The molecule has 0 bridgehead atoms. The predicted molar refractivity (Wildman–Crippen MR) is 151 cm³/mol. The highest BCUT2D eigenvalue weighted by Crippen LogP contribution is 2.12. The van der Waals surface area contributed by atoms with E-state index < -0.39 is 47.9 Å². The molecular weight excluding hydrogens is 538 g/mol. The van der Waals surface area contributed by atoms with Gasteiger partial charge in [-0.25, -0.2) is 9.78 Å². The number of carbonyl (C=O) groups is 4. The number of imidazole rings is 1. The second-order valence-corrected chi connectivity index (χ2v) is 10.3. The highest BCUT2D eigenvalue weighted by Gasteiger charge is 2.30. The third kappa shape index (κ3) is 11.2. The van der Waals surface area contributed by atoms with Gasteiger partial charge in [-0.05, 0) is 68.4 Å². The third-order valence-electron chi connectivity index (χ3n) is 6.15. The molecule has 220 valence electrons. The Balaban J connectivity index is 2.13. The molecule has 40 heavy (non-hydrogen) atoms. The van der Waals surface area contributed by atoms with Crippen LogP contribution in [-0.4, -0.2) is 86.6 Å². The molecule has 1 heterocycles. The average molecular weight is 578 g/mol. The number of aromatic amines is 1. The Bertz CT molecular complexity index is 1080. The SMILES string of the molecule is CSCCC(NC(=O)C(N)Cc1ccc(O)cc1)C(=O)NC(Cc1cnc[nH]1)C(=O)NC(CCCCN)C(=O)O. The third-order valence-corrected chi connectivity index (χ3v) is 6.79. The first-order chi connectivity index (χ1) is 19.1. The number of carbonyl (C=O) groups excluding carboxylic acids is 3. The van der Waals surface area contributed by atoms with Gasteiger partial charge in [-0.3, -0.25) is 14.4 Å². The van der Waals surface area contributed by atoms with Crippen molar-refractivity contribution in [3.05, 3.63) is 48.0 Å². The number of nitrogens with one attached hydrogen (secondary N) is 4. The van der Waals surface area contributed by atoms with Crippen molar-refractivity contribution in [2.45, 2.75) is 62.7 Å². The van der Waals surface area contributed by atoms with Crippen LogP contribution in [0.5, 0.6) is 5.75 Å². The van der Waals surface area contributed by atoms with E-state index in [9.17, 15) is 29.4 Å². The van der Waals surface area contributed by atoms with E-state index in [1.165, 1.54) is 36.4 Å². The number of amides is 3. The zero-order chi connectivity index (χ0) is 29.5. The summed E-state index contributed by atoms with van der Waals surface area (Å²) in [5.41, 5.74) is 12.9. The standard InChI is InChI=1S/C26H39N7O6S/c1-40-11-9-20(31-23(35)19(28)12-16-5-7-18(34)8-6-16)24(36)33-22(13-17-14-29-15-30-17)25(37)32-21(26(38)39)4-2-3-10-27/h5-8,14-15,19-22,34H,2-4,9-13,27-28H2,1H3,(H,29,30)(H,31,35)(H,32,37)(H,33,36)(H,38,39). The molecule has 0 aliphatic carbocycles. The van der Waals surface area contributed by atoms with Gasteiger partial charge in [-0.15, -0.1) is 0 Å². The summed E-state index contributed by atoms with van der Waals surface area (Å²) < 4.78 is 0. The monoisotopic (exact) mass is 577 g/mol. The Morgan fingerprint density at radius 3 is 2.20 bits per heavy atom. The molecule has 0 saturated carbocycles. The van der Waals surface area contributed by atoms with E-state index in [0.717, 1.165) is 5.56 Å². The molecule has 0 fully saturated rings. The van der Waals surface area contributed by atoms with E-state index in [4.69, 9.17) is 11.5 Å². The van der Waals surface area contributed by atoms with Crippen LogP contribution in [0.1, 0.15) is 36.9 Å². The number of phenolic OH excluding ortho intramolecular Hbond substituents is 1. The van der Waals surface area contributed by atoms with Crippen molar-refractivity contribution >= 4 is 35.5 Å². The van der Waals surface area contributed by atoms with Crippen molar-refractivity contribution in [2.24, 2.45) is 11.5 Å². The van der Waals surface area contributed by atoms with Crippen LogP contribution in [0.3, 0.4) is 0 Å². The normalized spacial score (nSPS) is 14.0. The van der Waals surface area contributed by atoms with Gasteiger partial charge in [0.05, 0.1) is 12.4 Å². The number of aliphatic carboxylic acids is 1. The first-order valence-corrected chi connectivity index (χ1v) is 14.4. The number of thioether (sulfide) groups is 1. The number of carboxylic acid groups (broad SMARTS) is 1. The summed E-state index contributed by atoms with van der Waals surface area (Å²) in [6, 6.07) is 2.07. The summed E-state index contributed by atoms with van der Waals surface area (Å²) in [5, 5.41) is 26.9. The topological polar surface area (TPSA) is 226 Å². The van der Waals surface area contributed by atoms with Gasteiger partial charge in [-0.2, -0.15) is 11.8 Å². The number of rotatable bonds is 18. The first-order valence-electron chi connectivity index (χ1n) is 13.0. The molecule has 2 rings (SSSR count). The van der Waals surface area contributed by atoms with Crippen LogP contribution in [0.25, 0.3) is 0 Å². The quantitative estimate of drug-likeness (QED) is 0.107. The number of benzene rings is 1. The van der Waals surface area contributed by atoms with Gasteiger partial charge >= 0.3 is 5.97 Å². The molecule has 0 radical (unpaired) electrons. The van der Waals surface area contributed by atoms with Crippen molar-refractivity contribution in [2.75, 3.05) is 18.6 Å². The van der Waals surface area contributed by atoms with Gasteiger partial charge < -0.3 is 42.6 Å². The summed E-state index contributed by atoms with van der Waals surface area (Å²) in [5.74, 6) is -2.38. The fourth-order valence-corrected chi connectivity index (χ4v) is 4.35. The van der Waals surface area contributed by atoms with E-state index in [2.05, 4.69) is 25.9 Å². The van der Waals surface area contributed by atoms with Gasteiger partial charge in [0, 0.05) is 18.3 Å². The van der Waals surface area contributed by atoms with Crippen LogP contribution < -0.4 is 27.4 Å². The smallest absolute Gasteiger partial charge is 0.326 e. The van der Waals surface area contributed by atoms with E-state index >= 15 is 0 Å². The molecule has 13 nitrogen and oxygen atoms in total. The predicted octanol–water partition coefficient (Wildman–Crippen LogP) is -0.351. The van der Waals surface area contributed by atoms with Crippen molar-refractivity contribution in [3.63, 3.8) is 0 Å². The molecule has 4 unspecified atom stereocenters. The zero-order valence-corrected chi connectivity index (χ0v) is 23.3. The van der Waals surface area contributed by atoms with Crippen LogP contribution >= 0.6 is 11.8 Å². The minimum absolute atomic E-state index is 0.0241. The molecule has 0 aliphatic heterocycles. The first kappa shape index (κ1) is 32.6. The van der Waals surface area contributed by atoms with Crippen LogP contribution in [-0.2, 0) is 32.0 Å². The Labute approximate surface area is 237 Å². The molecule has 10 N–H and O–H groups in total. The van der Waals surface area contributed by atoms with Crippen molar-refractivity contribution in [3.8, 4) is 5.75 Å². The number of aromatic hydroxyl groups is 1. The summed E-state index contributed by atoms with van der Waals surface area (Å²) in [6.07, 6.45) is 6.59. The number of nitrogens with zero attached hydrogens (tertiary/aromatic N) is 1. The van der Waals surface area contributed by atoms with E-state index in [0.29, 0.717) is 30.8 Å². The minimum atomic E-state index is -1.19. The Morgan fingerprint density at radius 1 is 0.950 bits per heavy atom. The maximum absolute atomic E-state index is 13.3. The van der Waals surface area contributed by atoms with Crippen LogP contribution in [0.4, 0.5) is 0 Å².